The van der Waals surface area contributed by atoms with Crippen LogP contribution in [-0.2, 0) is 55.9 Å². The van der Waals surface area contributed by atoms with Gasteiger partial charge in [-0.3, -0.25) is 19.2 Å². The van der Waals surface area contributed by atoms with E-state index in [9.17, 15) is 29.1 Å². The lowest BCUT2D eigenvalue weighted by molar-refractivity contribution is -0.167. The molecule has 12 nitrogen and oxygen atoms in total. The normalized spacial score (nSPS) is 12.2. The van der Waals surface area contributed by atoms with Crippen LogP contribution in [0, 0.1) is 6.92 Å². The number of hydrogen-bond donors (Lipinski definition) is 1. The van der Waals surface area contributed by atoms with E-state index >= 15 is 0 Å². The highest BCUT2D eigenvalue weighted by Gasteiger charge is 2.32. The van der Waals surface area contributed by atoms with Crippen molar-refractivity contribution < 1.29 is 57.5 Å². The van der Waals surface area contributed by atoms with Gasteiger partial charge < -0.3 is 33.5 Å². The van der Waals surface area contributed by atoms with Gasteiger partial charge in [0.15, 0.2) is 6.10 Å². The van der Waals surface area contributed by atoms with E-state index in [0.29, 0.717) is 62.0 Å². The Hall–Kier alpha value is -4.09. The van der Waals surface area contributed by atoms with Crippen LogP contribution in [0.3, 0.4) is 0 Å². The number of rotatable bonds is 57. The summed E-state index contributed by atoms with van der Waals surface area (Å²) in [4.78, 5) is 62.9. The Morgan fingerprint density at radius 3 is 1.23 bits per heavy atom. The molecular weight excluding hydrogens is 1030 g/mol. The SMILES string of the molecule is CCCCCCCCCCCCCCCC(=O)OCC(COC(=O)CCCCCCCCCCCCCCC)OC(=O)CCCCCCCCCCCCCCCCCOC(=O)CC/C(C)=C/Cc1c(O)c2c(c(C)c1OC)COC2=O. The molecule has 0 aliphatic carbocycles. The van der Waals surface area contributed by atoms with Crippen molar-refractivity contribution >= 4 is 29.8 Å². The fourth-order valence-electron chi connectivity index (χ4n) is 11.1. The summed E-state index contributed by atoms with van der Waals surface area (Å²) >= 11 is 0. The van der Waals surface area contributed by atoms with Gasteiger partial charge in [-0.25, -0.2) is 4.79 Å². The van der Waals surface area contributed by atoms with Crippen LogP contribution in [0.25, 0.3) is 0 Å². The molecule has 0 bridgehead atoms. The summed E-state index contributed by atoms with van der Waals surface area (Å²) < 4.78 is 33.1. The first-order valence-electron chi connectivity index (χ1n) is 33.9. The Labute approximate surface area is 499 Å². The molecule has 1 N–H and O–H groups in total. The second-order valence-corrected chi connectivity index (χ2v) is 23.9. The quantitative estimate of drug-likeness (QED) is 0.0285. The number of hydrogen-bond acceptors (Lipinski definition) is 12. The smallest absolute Gasteiger partial charge is 0.342 e. The van der Waals surface area contributed by atoms with Gasteiger partial charge in [-0.1, -0.05) is 263 Å². The number of esters is 5. The number of allylic oxidation sites excluding steroid dienone is 2. The maximum atomic E-state index is 12.9. The zero-order valence-corrected chi connectivity index (χ0v) is 53.2. The highest BCUT2D eigenvalue weighted by atomic mass is 16.6. The fraction of sp³-hybridized carbons (Fsp3) is 0.814. The minimum atomic E-state index is -0.797. The predicted octanol–water partition coefficient (Wildman–Crippen LogP) is 19.4. The van der Waals surface area contributed by atoms with Crippen molar-refractivity contribution in [1.29, 1.82) is 0 Å². The standard InChI is InChI=1S/C70H120O12/c1-6-8-10-12-14-16-18-23-27-31-35-39-43-47-63(71)79-55-60(56-80-64(72)48-44-40-36-32-28-24-19-17-15-13-11-9-7-2)82-66(74)49-45-41-37-33-29-25-21-20-22-26-30-34-38-42-46-54-78-65(73)53-51-58(3)50-52-61-68(75)67-62(57-81-70(67)76)59(4)69(61)77-5/h50,60,75H,6-49,51-57H2,1-5H3/b58-50+. The zero-order valence-electron chi connectivity index (χ0n) is 53.2. The summed E-state index contributed by atoms with van der Waals surface area (Å²) in [5.74, 6) is -1.18. The minimum Gasteiger partial charge on any atom is -0.507 e. The molecule has 1 heterocycles. The third kappa shape index (κ3) is 38.0. The number of unbranched alkanes of at least 4 members (excludes halogenated alkanes) is 38. The molecule has 0 saturated carbocycles. The maximum Gasteiger partial charge on any atom is 0.342 e. The van der Waals surface area contributed by atoms with E-state index in [-0.39, 0.29) is 55.0 Å². The number of ether oxygens (including phenoxy) is 6. The van der Waals surface area contributed by atoms with Crippen LogP contribution in [0.2, 0.25) is 0 Å². The van der Waals surface area contributed by atoms with Gasteiger partial charge >= 0.3 is 29.8 Å². The predicted molar refractivity (Wildman–Crippen MR) is 332 cm³/mol. The van der Waals surface area contributed by atoms with E-state index in [1.54, 1.807) is 7.11 Å². The van der Waals surface area contributed by atoms with Crippen LogP contribution in [0.15, 0.2) is 11.6 Å². The summed E-state index contributed by atoms with van der Waals surface area (Å²) in [5.41, 5.74) is 3.22. The Balaban J connectivity index is 1.51. The summed E-state index contributed by atoms with van der Waals surface area (Å²) in [7, 11) is 1.55. The van der Waals surface area contributed by atoms with Crippen molar-refractivity contribution in [3.05, 3.63) is 33.9 Å². The van der Waals surface area contributed by atoms with Crippen LogP contribution < -0.4 is 4.74 Å². The van der Waals surface area contributed by atoms with E-state index in [0.717, 1.165) is 94.6 Å². The number of phenols is 1. The van der Waals surface area contributed by atoms with Crippen molar-refractivity contribution in [2.45, 2.75) is 342 Å². The van der Waals surface area contributed by atoms with E-state index in [1.807, 2.05) is 19.9 Å². The Kier molecular flexibility index (Phi) is 46.3. The summed E-state index contributed by atoms with van der Waals surface area (Å²) in [5, 5.41) is 10.8. The highest BCUT2D eigenvalue weighted by molar-refractivity contribution is 5.98. The Morgan fingerprint density at radius 1 is 0.488 bits per heavy atom. The first-order valence-corrected chi connectivity index (χ1v) is 33.9. The average Bonchev–Trinajstić information content (AvgIpc) is 3.55. The molecule has 472 valence electrons. The lowest BCUT2D eigenvalue weighted by Gasteiger charge is -2.18. The number of aromatic hydroxyl groups is 1. The van der Waals surface area contributed by atoms with Gasteiger partial charge in [0.05, 0.1) is 13.7 Å². The second-order valence-electron chi connectivity index (χ2n) is 23.9. The number of methoxy groups -OCH3 is 1. The van der Waals surface area contributed by atoms with Crippen molar-refractivity contribution in [1.82, 2.24) is 0 Å². The van der Waals surface area contributed by atoms with Crippen molar-refractivity contribution in [2.75, 3.05) is 26.9 Å². The van der Waals surface area contributed by atoms with E-state index in [1.165, 1.54) is 180 Å². The number of carbonyl (C=O) groups excluding carboxylic acids is 5. The van der Waals surface area contributed by atoms with Crippen molar-refractivity contribution in [3.8, 4) is 11.5 Å². The van der Waals surface area contributed by atoms with E-state index in [4.69, 9.17) is 28.4 Å². The van der Waals surface area contributed by atoms with E-state index < -0.39 is 12.1 Å². The molecule has 1 aliphatic heterocycles. The van der Waals surface area contributed by atoms with Crippen LogP contribution in [0.1, 0.15) is 343 Å². The maximum absolute atomic E-state index is 12.9. The molecule has 1 aromatic rings. The van der Waals surface area contributed by atoms with Crippen molar-refractivity contribution in [2.24, 2.45) is 0 Å². The molecule has 12 heteroatoms. The Morgan fingerprint density at radius 2 is 0.841 bits per heavy atom. The third-order valence-corrected chi connectivity index (χ3v) is 16.4. The van der Waals surface area contributed by atoms with Crippen LogP contribution in [-0.4, -0.2) is 68.0 Å². The number of carbonyl (C=O) groups is 5. The van der Waals surface area contributed by atoms with Crippen LogP contribution >= 0.6 is 0 Å². The lowest BCUT2D eigenvalue weighted by atomic mass is 9.94. The van der Waals surface area contributed by atoms with Gasteiger partial charge in [-0.05, 0) is 57.9 Å². The van der Waals surface area contributed by atoms with Gasteiger partial charge in [-0.15, -0.1) is 0 Å². The van der Waals surface area contributed by atoms with Gasteiger partial charge in [0.25, 0.3) is 0 Å². The topological polar surface area (TPSA) is 161 Å². The molecule has 0 saturated heterocycles. The third-order valence-electron chi connectivity index (χ3n) is 16.4. The largest absolute Gasteiger partial charge is 0.507 e. The molecule has 1 aromatic carbocycles. The molecule has 0 amide bonds. The average molecular weight is 1150 g/mol. The first kappa shape index (κ1) is 74.0. The summed E-state index contributed by atoms with van der Waals surface area (Å²) in [6, 6.07) is 0. The van der Waals surface area contributed by atoms with Gasteiger partial charge in [0.1, 0.15) is 36.9 Å². The Bertz CT molecular complexity index is 1810. The molecule has 2 rings (SSSR count). The number of benzene rings is 1. The molecule has 82 heavy (non-hydrogen) atoms. The number of cyclic esters (lactones) is 1. The van der Waals surface area contributed by atoms with E-state index in [2.05, 4.69) is 13.8 Å². The highest BCUT2D eigenvalue weighted by Crippen LogP contribution is 2.42. The minimum absolute atomic E-state index is 0.0920. The van der Waals surface area contributed by atoms with Crippen LogP contribution in [0.5, 0.6) is 11.5 Å². The molecular formula is C70H120O12. The van der Waals surface area contributed by atoms with Gasteiger partial charge in [0, 0.05) is 36.8 Å². The molecule has 0 aromatic heterocycles. The second kappa shape index (κ2) is 51.3. The molecule has 0 spiro atoms. The summed E-state index contributed by atoms with van der Waals surface area (Å²) in [6.07, 6.45) is 52.6. The first-order chi connectivity index (χ1) is 40.0. The lowest BCUT2D eigenvalue weighted by Crippen LogP contribution is -2.30. The molecule has 1 aliphatic rings. The number of phenolic OH excluding ortho intramolecular Hbond substituents is 1. The van der Waals surface area contributed by atoms with Crippen molar-refractivity contribution in [3.63, 3.8) is 0 Å². The molecule has 0 fully saturated rings. The van der Waals surface area contributed by atoms with Crippen LogP contribution in [0.4, 0.5) is 0 Å². The summed E-state index contributed by atoms with van der Waals surface area (Å²) in [6.45, 7) is 8.73. The number of fused-ring (bicyclic) bond motifs is 1. The fourth-order valence-corrected chi connectivity index (χ4v) is 11.1. The zero-order chi connectivity index (χ0) is 59.5. The monoisotopic (exact) mass is 1150 g/mol. The van der Waals surface area contributed by atoms with Gasteiger partial charge in [0.2, 0.25) is 0 Å². The molecule has 0 atom stereocenters. The molecule has 0 unspecified atom stereocenters. The molecule has 0 radical (unpaired) electrons. The van der Waals surface area contributed by atoms with Gasteiger partial charge in [-0.2, -0.15) is 0 Å².